The summed E-state index contributed by atoms with van der Waals surface area (Å²) in [6.07, 6.45) is 2.72. The number of nitrogens with one attached hydrogen (secondary N) is 1. The van der Waals surface area contributed by atoms with Gasteiger partial charge in [-0.3, -0.25) is 9.59 Å². The highest BCUT2D eigenvalue weighted by molar-refractivity contribution is 5.96. The fraction of sp³-hybridized carbons (Fsp3) is 0.400. The Labute approximate surface area is 158 Å². The zero-order valence-electron chi connectivity index (χ0n) is 15.9. The van der Waals surface area contributed by atoms with Crippen molar-refractivity contribution in [2.75, 3.05) is 20.2 Å². The fourth-order valence-electron chi connectivity index (χ4n) is 3.38. The largest absolute Gasteiger partial charge is 0.480 e. The molecule has 1 atom stereocenters. The second kappa shape index (κ2) is 8.16. The average Bonchev–Trinajstić information content (AvgIpc) is 3.00. The first-order chi connectivity index (χ1) is 13.0. The van der Waals surface area contributed by atoms with Gasteiger partial charge < -0.3 is 15.0 Å². The van der Waals surface area contributed by atoms with Crippen LogP contribution in [0.4, 0.5) is 0 Å². The number of hydrogen-bond acceptors (Lipinski definition) is 5. The summed E-state index contributed by atoms with van der Waals surface area (Å²) < 4.78 is 5.34. The third-order valence-corrected chi connectivity index (χ3v) is 4.65. The van der Waals surface area contributed by atoms with Crippen LogP contribution in [-0.4, -0.2) is 52.9 Å². The SMILES string of the molecule is CCCN1C[C@@H](NC(=O)c2cccc(-c3c(C)ncnc3OC)c2)CC1=O. The molecule has 2 amide bonds. The Bertz CT molecular complexity index is 853. The number of aromatic nitrogens is 2. The molecule has 7 heteroatoms. The van der Waals surface area contributed by atoms with Crippen molar-refractivity contribution in [1.29, 1.82) is 0 Å². The molecule has 1 aromatic carbocycles. The molecule has 0 bridgehead atoms. The van der Waals surface area contributed by atoms with Crippen molar-refractivity contribution in [2.24, 2.45) is 0 Å². The zero-order chi connectivity index (χ0) is 19.4. The highest BCUT2D eigenvalue weighted by Gasteiger charge is 2.30. The van der Waals surface area contributed by atoms with Crippen molar-refractivity contribution in [1.82, 2.24) is 20.2 Å². The predicted molar refractivity (Wildman–Crippen MR) is 101 cm³/mol. The van der Waals surface area contributed by atoms with Gasteiger partial charge >= 0.3 is 0 Å². The van der Waals surface area contributed by atoms with Gasteiger partial charge in [0.05, 0.1) is 24.4 Å². The number of nitrogens with zero attached hydrogens (tertiary/aromatic N) is 3. The molecule has 1 aliphatic heterocycles. The van der Waals surface area contributed by atoms with Gasteiger partial charge in [0.1, 0.15) is 6.33 Å². The lowest BCUT2D eigenvalue weighted by molar-refractivity contribution is -0.127. The van der Waals surface area contributed by atoms with Crippen LogP contribution in [0.25, 0.3) is 11.1 Å². The van der Waals surface area contributed by atoms with Crippen LogP contribution in [0.2, 0.25) is 0 Å². The summed E-state index contributed by atoms with van der Waals surface area (Å²) in [6, 6.07) is 7.11. The van der Waals surface area contributed by atoms with Gasteiger partial charge in [0, 0.05) is 25.1 Å². The molecule has 27 heavy (non-hydrogen) atoms. The Balaban J connectivity index is 1.78. The van der Waals surface area contributed by atoms with Gasteiger partial charge in [-0.2, -0.15) is 0 Å². The minimum atomic E-state index is -0.193. The summed E-state index contributed by atoms with van der Waals surface area (Å²) in [5.41, 5.74) is 2.88. The lowest BCUT2D eigenvalue weighted by Gasteiger charge is -2.16. The maximum atomic E-state index is 12.7. The number of likely N-dealkylation sites (tertiary alicyclic amines) is 1. The normalized spacial score (nSPS) is 16.5. The van der Waals surface area contributed by atoms with Gasteiger partial charge in [-0.05, 0) is 31.0 Å². The summed E-state index contributed by atoms with van der Waals surface area (Å²) >= 11 is 0. The van der Waals surface area contributed by atoms with Crippen LogP contribution in [0, 0.1) is 6.92 Å². The average molecular weight is 368 g/mol. The predicted octanol–water partition coefficient (Wildman–Crippen LogP) is 2.20. The Morgan fingerprint density at radius 1 is 1.37 bits per heavy atom. The van der Waals surface area contributed by atoms with E-state index in [9.17, 15) is 9.59 Å². The molecule has 2 heterocycles. The van der Waals surface area contributed by atoms with E-state index < -0.39 is 0 Å². The Morgan fingerprint density at radius 2 is 2.19 bits per heavy atom. The van der Waals surface area contributed by atoms with E-state index >= 15 is 0 Å². The van der Waals surface area contributed by atoms with Crippen molar-refractivity contribution in [3.05, 3.63) is 41.9 Å². The molecule has 0 unspecified atom stereocenters. The molecule has 7 nitrogen and oxygen atoms in total. The van der Waals surface area contributed by atoms with Gasteiger partial charge in [-0.1, -0.05) is 19.1 Å². The standard InChI is InChI=1S/C20H24N4O3/c1-4-8-24-11-16(10-17(24)25)23-19(26)15-7-5-6-14(9-15)18-13(2)21-12-22-20(18)27-3/h5-7,9,12,16H,4,8,10-11H2,1-3H3,(H,23,26)/t16-/m0/s1. The van der Waals surface area contributed by atoms with E-state index in [4.69, 9.17) is 4.74 Å². The number of aryl methyl sites for hydroxylation is 1. The topological polar surface area (TPSA) is 84.4 Å². The van der Waals surface area contributed by atoms with Gasteiger partial charge in [0.25, 0.3) is 5.91 Å². The number of benzene rings is 1. The van der Waals surface area contributed by atoms with Crippen molar-refractivity contribution in [3.63, 3.8) is 0 Å². The zero-order valence-corrected chi connectivity index (χ0v) is 15.9. The van der Waals surface area contributed by atoms with Crippen LogP contribution in [0.3, 0.4) is 0 Å². The summed E-state index contributed by atoms with van der Waals surface area (Å²) in [5, 5.41) is 2.97. The minimum Gasteiger partial charge on any atom is -0.480 e. The van der Waals surface area contributed by atoms with E-state index in [1.807, 2.05) is 26.0 Å². The highest BCUT2D eigenvalue weighted by Crippen LogP contribution is 2.30. The van der Waals surface area contributed by atoms with Crippen molar-refractivity contribution in [3.8, 4) is 17.0 Å². The summed E-state index contributed by atoms with van der Waals surface area (Å²) in [6.45, 7) is 5.21. The van der Waals surface area contributed by atoms with Crippen LogP contribution < -0.4 is 10.1 Å². The molecule has 1 N–H and O–H groups in total. The third-order valence-electron chi connectivity index (χ3n) is 4.65. The number of rotatable bonds is 6. The molecule has 1 saturated heterocycles. The fourth-order valence-corrected chi connectivity index (χ4v) is 3.38. The van der Waals surface area contributed by atoms with E-state index in [0.717, 1.165) is 29.8 Å². The van der Waals surface area contributed by atoms with E-state index in [-0.39, 0.29) is 17.9 Å². The second-order valence-electron chi connectivity index (χ2n) is 6.64. The Kier molecular flexibility index (Phi) is 5.69. The maximum absolute atomic E-state index is 12.7. The first-order valence-corrected chi connectivity index (χ1v) is 9.08. The first kappa shape index (κ1) is 18.8. The quantitative estimate of drug-likeness (QED) is 0.845. The molecule has 1 aromatic heterocycles. The van der Waals surface area contributed by atoms with Crippen LogP contribution in [0.5, 0.6) is 5.88 Å². The van der Waals surface area contributed by atoms with Gasteiger partial charge in [0.2, 0.25) is 11.8 Å². The molecule has 0 spiro atoms. The molecule has 142 valence electrons. The molecule has 0 aliphatic carbocycles. The summed E-state index contributed by atoms with van der Waals surface area (Å²) in [5.74, 6) is 0.371. The molecular formula is C20H24N4O3. The van der Waals surface area contributed by atoms with Gasteiger partial charge in [0.15, 0.2) is 0 Å². The second-order valence-corrected chi connectivity index (χ2v) is 6.64. The molecule has 0 saturated carbocycles. The van der Waals surface area contributed by atoms with Crippen LogP contribution in [-0.2, 0) is 4.79 Å². The van der Waals surface area contributed by atoms with Crippen LogP contribution >= 0.6 is 0 Å². The molecule has 1 aliphatic rings. The molecule has 3 rings (SSSR count). The summed E-state index contributed by atoms with van der Waals surface area (Å²) in [7, 11) is 1.56. The van der Waals surface area contributed by atoms with E-state index in [2.05, 4.69) is 15.3 Å². The third kappa shape index (κ3) is 4.07. The van der Waals surface area contributed by atoms with Crippen molar-refractivity contribution < 1.29 is 14.3 Å². The highest BCUT2D eigenvalue weighted by atomic mass is 16.5. The Hall–Kier alpha value is -2.96. The number of carbonyl (C=O) groups excluding carboxylic acids is 2. The number of carbonyl (C=O) groups is 2. The number of methoxy groups -OCH3 is 1. The van der Waals surface area contributed by atoms with Crippen molar-refractivity contribution in [2.45, 2.75) is 32.7 Å². The minimum absolute atomic E-state index is 0.0951. The lowest BCUT2D eigenvalue weighted by atomic mass is 10.0. The van der Waals surface area contributed by atoms with E-state index in [0.29, 0.717) is 24.4 Å². The molecule has 1 fully saturated rings. The smallest absolute Gasteiger partial charge is 0.251 e. The van der Waals surface area contributed by atoms with E-state index in [1.54, 1.807) is 24.1 Å². The Morgan fingerprint density at radius 3 is 2.93 bits per heavy atom. The number of amides is 2. The first-order valence-electron chi connectivity index (χ1n) is 9.08. The molecular weight excluding hydrogens is 344 g/mol. The molecule has 2 aromatic rings. The number of ether oxygens (including phenoxy) is 1. The maximum Gasteiger partial charge on any atom is 0.251 e. The van der Waals surface area contributed by atoms with Gasteiger partial charge in [-0.25, -0.2) is 9.97 Å². The van der Waals surface area contributed by atoms with Crippen LogP contribution in [0.15, 0.2) is 30.6 Å². The monoisotopic (exact) mass is 368 g/mol. The lowest BCUT2D eigenvalue weighted by Crippen LogP contribution is -2.37. The van der Waals surface area contributed by atoms with Gasteiger partial charge in [-0.15, -0.1) is 0 Å². The molecule has 0 radical (unpaired) electrons. The van der Waals surface area contributed by atoms with Crippen molar-refractivity contribution >= 4 is 11.8 Å². The number of hydrogen-bond donors (Lipinski definition) is 1. The van der Waals surface area contributed by atoms with Crippen LogP contribution in [0.1, 0.15) is 35.8 Å². The summed E-state index contributed by atoms with van der Waals surface area (Å²) in [4.78, 5) is 34.9. The van der Waals surface area contributed by atoms with E-state index in [1.165, 1.54) is 6.33 Å².